The molecule has 0 radical (unpaired) electrons. The second-order valence-corrected chi connectivity index (χ2v) is 14.2. The highest BCUT2D eigenvalue weighted by molar-refractivity contribution is 7.89. The summed E-state index contributed by atoms with van der Waals surface area (Å²) in [6.45, 7) is 9.32. The van der Waals surface area contributed by atoms with E-state index in [4.69, 9.17) is 4.74 Å². The summed E-state index contributed by atoms with van der Waals surface area (Å²) in [6, 6.07) is 24.3. The van der Waals surface area contributed by atoms with E-state index in [0.29, 0.717) is 11.1 Å². The first-order chi connectivity index (χ1) is 18.4. The topological polar surface area (TPSA) is 102 Å². The number of carbonyl (C=O) groups excluding carboxylic acids is 1. The summed E-state index contributed by atoms with van der Waals surface area (Å²) in [5, 5.41) is 0. The molecule has 3 aromatic rings. The maximum Gasteiger partial charge on any atom is 0.308 e. The van der Waals surface area contributed by atoms with Crippen LogP contribution in [0.2, 0.25) is 0 Å². The van der Waals surface area contributed by atoms with Crippen LogP contribution in [0.3, 0.4) is 0 Å². The van der Waals surface area contributed by atoms with Crippen molar-refractivity contribution in [3.63, 3.8) is 0 Å². The van der Waals surface area contributed by atoms with Gasteiger partial charge in [0.15, 0.2) is 0 Å². The minimum Gasteiger partial charge on any atom is -0.466 e. The standard InChI is InChI=1S/C30H38N2O5S2/c1-6-37-28(33)22-30(25-15-11-8-12-16-25,32-38(34)29(3,4)5)21-27(24-13-9-7-10-14-24)31-39(35,36)26-19-17-23(2)18-20-26/h7-20,27,31-32H,6,21-22H2,1-5H3/t27-,30?,38-/m0/s1. The van der Waals surface area contributed by atoms with E-state index in [1.165, 1.54) is 0 Å². The Morgan fingerprint density at radius 1 is 0.923 bits per heavy atom. The average molecular weight is 571 g/mol. The van der Waals surface area contributed by atoms with Gasteiger partial charge in [-0.05, 0) is 64.3 Å². The number of hydrogen-bond donors (Lipinski definition) is 2. The third-order valence-corrected chi connectivity index (χ3v) is 9.48. The van der Waals surface area contributed by atoms with E-state index in [2.05, 4.69) is 9.44 Å². The highest BCUT2D eigenvalue weighted by Gasteiger charge is 2.42. The summed E-state index contributed by atoms with van der Waals surface area (Å²) in [6.07, 6.45) is -0.0605. The highest BCUT2D eigenvalue weighted by Crippen LogP contribution is 2.38. The van der Waals surface area contributed by atoms with Crippen molar-refractivity contribution in [1.82, 2.24) is 9.44 Å². The summed E-state index contributed by atoms with van der Waals surface area (Å²) < 4.78 is 51.5. The van der Waals surface area contributed by atoms with Crippen LogP contribution < -0.4 is 9.44 Å². The molecule has 0 saturated heterocycles. The van der Waals surface area contributed by atoms with Crippen LogP contribution in [0, 0.1) is 6.92 Å². The summed E-state index contributed by atoms with van der Waals surface area (Å²) in [7, 11) is -5.54. The first kappa shape index (κ1) is 30.7. The Kier molecular flexibility index (Phi) is 10.2. The maximum absolute atomic E-state index is 13.6. The van der Waals surface area contributed by atoms with Gasteiger partial charge in [-0.3, -0.25) is 4.79 Å². The summed E-state index contributed by atoms with van der Waals surface area (Å²) in [5.41, 5.74) is 1.13. The zero-order chi connectivity index (χ0) is 28.7. The molecule has 0 aliphatic rings. The lowest BCUT2D eigenvalue weighted by atomic mass is 9.80. The van der Waals surface area contributed by atoms with Gasteiger partial charge in [-0.2, -0.15) is 0 Å². The van der Waals surface area contributed by atoms with Gasteiger partial charge in [0.2, 0.25) is 10.0 Å². The van der Waals surface area contributed by atoms with Gasteiger partial charge in [0.1, 0.15) is 0 Å². The van der Waals surface area contributed by atoms with E-state index >= 15 is 0 Å². The molecule has 0 spiro atoms. The van der Waals surface area contributed by atoms with E-state index in [0.717, 1.165) is 5.56 Å². The van der Waals surface area contributed by atoms with E-state index in [-0.39, 0.29) is 24.3 Å². The van der Waals surface area contributed by atoms with Gasteiger partial charge in [-0.15, -0.1) is 0 Å². The van der Waals surface area contributed by atoms with Gasteiger partial charge in [0.05, 0.1) is 39.2 Å². The fourth-order valence-electron chi connectivity index (χ4n) is 4.21. The summed E-state index contributed by atoms with van der Waals surface area (Å²) in [4.78, 5) is 13.2. The number of carbonyl (C=O) groups is 1. The van der Waals surface area contributed by atoms with Gasteiger partial charge in [0.25, 0.3) is 0 Å². The fraction of sp³-hybridized carbons (Fsp3) is 0.367. The average Bonchev–Trinajstić information content (AvgIpc) is 2.89. The van der Waals surface area contributed by atoms with Crippen molar-refractivity contribution in [3.8, 4) is 0 Å². The lowest BCUT2D eigenvalue weighted by molar-refractivity contribution is -0.145. The molecule has 210 valence electrons. The second kappa shape index (κ2) is 13.0. The Morgan fingerprint density at radius 3 is 2.03 bits per heavy atom. The first-order valence-corrected chi connectivity index (χ1v) is 15.5. The van der Waals surface area contributed by atoms with Crippen LogP contribution in [0.4, 0.5) is 0 Å². The molecule has 3 atom stereocenters. The summed E-state index contributed by atoms with van der Waals surface area (Å²) >= 11 is 0. The molecule has 0 amide bonds. The molecule has 0 saturated carbocycles. The molecule has 39 heavy (non-hydrogen) atoms. The van der Waals surface area contributed by atoms with Crippen LogP contribution in [-0.4, -0.2) is 29.9 Å². The molecule has 0 fully saturated rings. The van der Waals surface area contributed by atoms with Gasteiger partial charge in [-0.25, -0.2) is 22.1 Å². The molecule has 7 nitrogen and oxygen atoms in total. The van der Waals surface area contributed by atoms with Crippen LogP contribution in [0.5, 0.6) is 0 Å². The lowest BCUT2D eigenvalue weighted by Gasteiger charge is -2.39. The van der Waals surface area contributed by atoms with Crippen LogP contribution in [0.15, 0.2) is 89.8 Å². The lowest BCUT2D eigenvalue weighted by Crippen LogP contribution is -2.51. The second-order valence-electron chi connectivity index (χ2n) is 10.5. The number of sulfonamides is 1. The molecule has 0 bridgehead atoms. The quantitative estimate of drug-likeness (QED) is 0.288. The minimum absolute atomic E-state index is 0.0900. The Morgan fingerprint density at radius 2 is 1.49 bits per heavy atom. The molecule has 9 heteroatoms. The largest absolute Gasteiger partial charge is 0.466 e. The zero-order valence-corrected chi connectivity index (χ0v) is 24.8. The van der Waals surface area contributed by atoms with E-state index in [9.17, 15) is 17.4 Å². The van der Waals surface area contributed by atoms with Gasteiger partial charge >= 0.3 is 5.97 Å². The number of hydrogen-bond acceptors (Lipinski definition) is 5. The Hall–Kier alpha value is -2.85. The predicted molar refractivity (Wildman–Crippen MR) is 156 cm³/mol. The Labute approximate surface area is 235 Å². The maximum atomic E-state index is 13.6. The number of rotatable bonds is 12. The zero-order valence-electron chi connectivity index (χ0n) is 23.1. The SMILES string of the molecule is CCOC(=O)CC(C[C@H](NS(=O)(=O)c1ccc(C)cc1)c1ccccc1)(N[S@@](=O)C(C)(C)C)c1ccccc1. The van der Waals surface area contributed by atoms with Crippen molar-refractivity contribution >= 4 is 27.0 Å². The first-order valence-electron chi connectivity index (χ1n) is 12.9. The summed E-state index contributed by atoms with van der Waals surface area (Å²) in [5.74, 6) is -0.479. The van der Waals surface area contributed by atoms with Crippen molar-refractivity contribution in [2.24, 2.45) is 0 Å². The van der Waals surface area contributed by atoms with Gasteiger partial charge in [-0.1, -0.05) is 78.4 Å². The predicted octanol–water partition coefficient (Wildman–Crippen LogP) is 5.31. The molecule has 0 aromatic heterocycles. The van der Waals surface area contributed by atoms with Crippen LogP contribution in [0.1, 0.15) is 63.3 Å². The normalized spacial score (nSPS) is 15.2. The monoisotopic (exact) mass is 570 g/mol. The van der Waals surface area contributed by atoms with E-state index in [1.807, 2.05) is 88.4 Å². The van der Waals surface area contributed by atoms with Crippen LogP contribution in [-0.2, 0) is 36.1 Å². The molecular weight excluding hydrogens is 532 g/mol. The van der Waals surface area contributed by atoms with E-state index < -0.39 is 43.3 Å². The van der Waals surface area contributed by atoms with Crippen LogP contribution >= 0.6 is 0 Å². The molecule has 2 N–H and O–H groups in total. The third kappa shape index (κ3) is 8.32. The van der Waals surface area contributed by atoms with Crippen molar-refractivity contribution < 1.29 is 22.2 Å². The number of aryl methyl sites for hydroxylation is 1. The number of nitrogens with one attached hydrogen (secondary N) is 2. The molecule has 0 heterocycles. The van der Waals surface area contributed by atoms with Crippen molar-refractivity contribution in [3.05, 3.63) is 102 Å². The van der Waals surface area contributed by atoms with Crippen LogP contribution in [0.25, 0.3) is 0 Å². The molecule has 0 aliphatic heterocycles. The van der Waals surface area contributed by atoms with Crippen molar-refractivity contribution in [2.75, 3.05) is 6.61 Å². The van der Waals surface area contributed by atoms with Crippen molar-refractivity contribution in [1.29, 1.82) is 0 Å². The smallest absolute Gasteiger partial charge is 0.308 e. The molecule has 1 unspecified atom stereocenters. The van der Waals surface area contributed by atoms with Gasteiger partial charge in [0, 0.05) is 6.04 Å². The molecule has 0 aliphatic carbocycles. The number of benzene rings is 3. The van der Waals surface area contributed by atoms with Gasteiger partial charge < -0.3 is 4.74 Å². The highest BCUT2D eigenvalue weighted by atomic mass is 32.2. The van der Waals surface area contributed by atoms with Crippen molar-refractivity contribution in [2.45, 2.75) is 68.7 Å². The number of ether oxygens (including phenoxy) is 1. The number of esters is 1. The van der Waals surface area contributed by atoms with E-state index in [1.54, 1.807) is 31.2 Å². The minimum atomic E-state index is -3.94. The molecular formula is C30H38N2O5S2. The third-order valence-electron chi connectivity index (χ3n) is 6.31. The Bertz CT molecular complexity index is 1360. The molecule has 3 rings (SSSR count). The fourth-order valence-corrected chi connectivity index (χ4v) is 6.37. The molecule has 3 aromatic carbocycles. The Balaban J connectivity index is 2.17.